The molecule has 1 heterocycles. The van der Waals surface area contributed by atoms with Gasteiger partial charge in [-0.3, -0.25) is 9.59 Å². The Morgan fingerprint density at radius 2 is 1.63 bits per heavy atom. The van der Waals surface area contributed by atoms with Crippen LogP contribution in [-0.4, -0.2) is 35.8 Å². The smallest absolute Gasteiger partial charge is 0.276 e. The molecule has 3 rings (SSSR count). The van der Waals surface area contributed by atoms with Crippen LogP contribution in [0.3, 0.4) is 0 Å². The van der Waals surface area contributed by atoms with Crippen molar-refractivity contribution in [3.05, 3.63) is 60.3 Å². The van der Waals surface area contributed by atoms with Gasteiger partial charge in [-0.15, -0.1) is 0 Å². The summed E-state index contributed by atoms with van der Waals surface area (Å²) in [4.78, 5) is 25.0. The van der Waals surface area contributed by atoms with Gasteiger partial charge in [0.25, 0.3) is 5.91 Å². The van der Waals surface area contributed by atoms with E-state index in [4.69, 9.17) is 9.47 Å². The summed E-state index contributed by atoms with van der Waals surface area (Å²) in [6.07, 6.45) is 0. The van der Waals surface area contributed by atoms with E-state index in [1.165, 1.54) is 11.8 Å². The molecule has 0 atom stereocenters. The Labute approximate surface area is 174 Å². The minimum atomic E-state index is -0.419. The maximum atomic E-state index is 12.8. The molecule has 2 aromatic carbocycles. The van der Waals surface area contributed by atoms with Crippen LogP contribution in [0.4, 0.5) is 11.5 Å². The average molecular weight is 408 g/mol. The van der Waals surface area contributed by atoms with Crippen LogP contribution >= 0.6 is 0 Å². The van der Waals surface area contributed by atoms with E-state index in [0.29, 0.717) is 23.0 Å². The molecule has 0 unspecified atom stereocenters. The molecule has 3 aromatic rings. The first-order chi connectivity index (χ1) is 14.4. The minimum Gasteiger partial charge on any atom is -0.493 e. The second-order valence-corrected chi connectivity index (χ2v) is 6.83. The molecule has 2 N–H and O–H groups in total. The molecule has 0 fully saturated rings. The Hall–Kier alpha value is -3.81. The maximum absolute atomic E-state index is 12.8. The Morgan fingerprint density at radius 3 is 2.27 bits per heavy atom. The van der Waals surface area contributed by atoms with Crippen molar-refractivity contribution in [3.63, 3.8) is 0 Å². The van der Waals surface area contributed by atoms with E-state index in [-0.39, 0.29) is 17.5 Å². The molecule has 0 radical (unpaired) electrons. The van der Waals surface area contributed by atoms with Crippen LogP contribution in [0.5, 0.6) is 11.5 Å². The molecule has 0 bridgehead atoms. The fourth-order valence-electron chi connectivity index (χ4n) is 2.73. The zero-order valence-electron chi connectivity index (χ0n) is 17.3. The molecule has 2 amide bonds. The molecule has 0 aliphatic carbocycles. The third kappa shape index (κ3) is 4.60. The van der Waals surface area contributed by atoms with Gasteiger partial charge in [0.2, 0.25) is 5.91 Å². The molecular formula is C22H24N4O4. The van der Waals surface area contributed by atoms with E-state index in [1.807, 2.05) is 30.3 Å². The van der Waals surface area contributed by atoms with Gasteiger partial charge in [0.15, 0.2) is 17.2 Å². The quantitative estimate of drug-likeness (QED) is 0.621. The number of ether oxygens (including phenoxy) is 2. The summed E-state index contributed by atoms with van der Waals surface area (Å²) in [5.41, 5.74) is 1.41. The Kier molecular flexibility index (Phi) is 6.36. The first kappa shape index (κ1) is 20.9. The van der Waals surface area contributed by atoms with Crippen molar-refractivity contribution in [2.75, 3.05) is 24.9 Å². The van der Waals surface area contributed by atoms with Gasteiger partial charge >= 0.3 is 0 Å². The SMILES string of the molecule is COc1ccc(NC(=O)c2cc(NC(=O)C(C)C)n(-c3ccccc3)n2)cc1OC. The van der Waals surface area contributed by atoms with Crippen molar-refractivity contribution in [2.24, 2.45) is 5.92 Å². The molecule has 8 nitrogen and oxygen atoms in total. The number of benzene rings is 2. The van der Waals surface area contributed by atoms with E-state index in [1.54, 1.807) is 45.2 Å². The molecular weight excluding hydrogens is 384 g/mol. The molecule has 0 aliphatic rings. The summed E-state index contributed by atoms with van der Waals surface area (Å²) in [7, 11) is 3.06. The highest BCUT2D eigenvalue weighted by Gasteiger charge is 2.19. The van der Waals surface area contributed by atoms with Gasteiger partial charge in [0.1, 0.15) is 5.82 Å². The van der Waals surface area contributed by atoms with E-state index in [0.717, 1.165) is 5.69 Å². The number of anilines is 2. The number of aromatic nitrogens is 2. The molecule has 0 aliphatic heterocycles. The zero-order valence-corrected chi connectivity index (χ0v) is 17.3. The predicted octanol–water partition coefficient (Wildman–Crippen LogP) is 3.74. The normalized spacial score (nSPS) is 10.6. The number of methoxy groups -OCH3 is 2. The van der Waals surface area contributed by atoms with Crippen molar-refractivity contribution < 1.29 is 19.1 Å². The first-order valence-electron chi connectivity index (χ1n) is 9.42. The van der Waals surface area contributed by atoms with Gasteiger partial charge in [-0.25, -0.2) is 4.68 Å². The van der Waals surface area contributed by atoms with Crippen molar-refractivity contribution in [1.82, 2.24) is 9.78 Å². The van der Waals surface area contributed by atoms with Crippen LogP contribution in [0.15, 0.2) is 54.6 Å². The molecule has 0 saturated heterocycles. The topological polar surface area (TPSA) is 94.5 Å². The number of carbonyl (C=O) groups excluding carboxylic acids is 2. The zero-order chi connectivity index (χ0) is 21.7. The molecule has 1 aromatic heterocycles. The summed E-state index contributed by atoms with van der Waals surface area (Å²) in [5.74, 6) is 0.666. The fraction of sp³-hybridized carbons (Fsp3) is 0.227. The lowest BCUT2D eigenvalue weighted by molar-refractivity contribution is -0.118. The second kappa shape index (κ2) is 9.13. The van der Waals surface area contributed by atoms with Gasteiger partial charge in [-0.2, -0.15) is 5.10 Å². The van der Waals surface area contributed by atoms with Crippen molar-refractivity contribution in [2.45, 2.75) is 13.8 Å². The Balaban J connectivity index is 1.91. The number of rotatable bonds is 7. The number of carbonyl (C=O) groups is 2. The molecule has 30 heavy (non-hydrogen) atoms. The van der Waals surface area contributed by atoms with Gasteiger partial charge in [-0.05, 0) is 24.3 Å². The van der Waals surface area contributed by atoms with Crippen LogP contribution in [0.1, 0.15) is 24.3 Å². The highest BCUT2D eigenvalue weighted by atomic mass is 16.5. The Morgan fingerprint density at radius 1 is 0.933 bits per heavy atom. The monoisotopic (exact) mass is 408 g/mol. The standard InChI is InChI=1S/C22H24N4O4/c1-14(2)21(27)24-20-13-17(25-26(20)16-8-6-5-7-9-16)22(28)23-15-10-11-18(29-3)19(12-15)30-4/h5-14H,1-4H3,(H,23,28)(H,24,27). The molecule has 8 heteroatoms. The van der Waals surface area contributed by atoms with E-state index in [9.17, 15) is 9.59 Å². The highest BCUT2D eigenvalue weighted by molar-refractivity contribution is 6.04. The van der Waals surface area contributed by atoms with Crippen molar-refractivity contribution >= 4 is 23.3 Å². The Bertz CT molecular complexity index is 1040. The van der Waals surface area contributed by atoms with E-state index >= 15 is 0 Å². The van der Waals surface area contributed by atoms with Crippen LogP contribution in [0.25, 0.3) is 5.69 Å². The van der Waals surface area contributed by atoms with Gasteiger partial charge < -0.3 is 20.1 Å². The fourth-order valence-corrected chi connectivity index (χ4v) is 2.73. The lowest BCUT2D eigenvalue weighted by atomic mass is 10.2. The molecule has 0 spiro atoms. The number of nitrogens with one attached hydrogen (secondary N) is 2. The number of hydrogen-bond donors (Lipinski definition) is 2. The number of hydrogen-bond acceptors (Lipinski definition) is 5. The van der Waals surface area contributed by atoms with Crippen LogP contribution in [0.2, 0.25) is 0 Å². The van der Waals surface area contributed by atoms with Gasteiger partial charge in [-0.1, -0.05) is 32.0 Å². The highest BCUT2D eigenvalue weighted by Crippen LogP contribution is 2.30. The number of nitrogens with zero attached hydrogens (tertiary/aromatic N) is 2. The maximum Gasteiger partial charge on any atom is 0.276 e. The summed E-state index contributed by atoms with van der Waals surface area (Å²) < 4.78 is 12.0. The third-order valence-electron chi connectivity index (χ3n) is 4.36. The number of amides is 2. The van der Waals surface area contributed by atoms with E-state index < -0.39 is 5.91 Å². The summed E-state index contributed by atoms with van der Waals surface area (Å²) in [6, 6.07) is 15.9. The predicted molar refractivity (Wildman–Crippen MR) is 115 cm³/mol. The summed E-state index contributed by atoms with van der Waals surface area (Å²) in [6.45, 7) is 3.59. The van der Waals surface area contributed by atoms with Gasteiger partial charge in [0, 0.05) is 23.7 Å². The minimum absolute atomic E-state index is 0.160. The molecule has 156 valence electrons. The van der Waals surface area contributed by atoms with Crippen LogP contribution in [-0.2, 0) is 4.79 Å². The van der Waals surface area contributed by atoms with Gasteiger partial charge in [0.05, 0.1) is 19.9 Å². The largest absolute Gasteiger partial charge is 0.493 e. The lowest BCUT2D eigenvalue weighted by Crippen LogP contribution is -2.19. The average Bonchev–Trinajstić information content (AvgIpc) is 3.18. The second-order valence-electron chi connectivity index (χ2n) is 6.83. The third-order valence-corrected chi connectivity index (χ3v) is 4.36. The van der Waals surface area contributed by atoms with Crippen LogP contribution < -0.4 is 20.1 Å². The van der Waals surface area contributed by atoms with Crippen molar-refractivity contribution in [1.29, 1.82) is 0 Å². The summed E-state index contributed by atoms with van der Waals surface area (Å²) in [5, 5.41) is 10.0. The van der Waals surface area contributed by atoms with Crippen molar-refractivity contribution in [3.8, 4) is 17.2 Å². The van der Waals surface area contributed by atoms with Crippen LogP contribution in [0, 0.1) is 5.92 Å². The summed E-state index contributed by atoms with van der Waals surface area (Å²) >= 11 is 0. The number of para-hydroxylation sites is 1. The lowest BCUT2D eigenvalue weighted by Gasteiger charge is -2.10. The van der Waals surface area contributed by atoms with E-state index in [2.05, 4.69) is 15.7 Å². The molecule has 0 saturated carbocycles. The first-order valence-corrected chi connectivity index (χ1v) is 9.42.